The molecule has 2 heterocycles. The third-order valence-electron chi connectivity index (χ3n) is 12.6. The van der Waals surface area contributed by atoms with Gasteiger partial charge in [0, 0.05) is 90.8 Å². The number of hydrogen-bond acceptors (Lipinski definition) is 2. The number of benzene rings is 8. The van der Waals surface area contributed by atoms with Gasteiger partial charge < -0.3 is 18.9 Å². The van der Waals surface area contributed by atoms with Gasteiger partial charge in [0.05, 0.1) is 0 Å². The lowest BCUT2D eigenvalue weighted by molar-refractivity contribution is 0.665. The van der Waals surface area contributed by atoms with Crippen molar-refractivity contribution in [1.29, 1.82) is 0 Å². The minimum atomic E-state index is 0.990. The fourth-order valence-electron chi connectivity index (χ4n) is 9.52. The maximum Gasteiger partial charge on any atom is 0.0492 e. The van der Waals surface area contributed by atoms with Crippen LogP contribution in [0.2, 0.25) is 0 Å². The van der Waals surface area contributed by atoms with Crippen molar-refractivity contribution in [2.24, 2.45) is 0 Å². The summed E-state index contributed by atoms with van der Waals surface area (Å²) in [7, 11) is 0. The molecule has 0 aliphatic carbocycles. The molecule has 0 aliphatic rings. The van der Waals surface area contributed by atoms with Gasteiger partial charge in [-0.25, -0.2) is 0 Å². The average molecular weight is 807 g/mol. The van der Waals surface area contributed by atoms with E-state index in [9.17, 15) is 0 Å². The zero-order chi connectivity index (χ0) is 42.2. The van der Waals surface area contributed by atoms with E-state index in [0.29, 0.717) is 0 Å². The highest BCUT2D eigenvalue weighted by atomic mass is 15.1. The number of aromatic nitrogens is 2. The molecule has 0 spiro atoms. The number of anilines is 6. The molecule has 10 rings (SSSR count). The van der Waals surface area contributed by atoms with Crippen molar-refractivity contribution in [3.05, 3.63) is 193 Å². The highest BCUT2D eigenvalue weighted by Crippen LogP contribution is 2.43. The summed E-state index contributed by atoms with van der Waals surface area (Å²) >= 11 is 0. The first-order valence-electron chi connectivity index (χ1n) is 22.4. The number of nitrogens with zero attached hydrogens (tertiary/aromatic N) is 4. The molecule has 8 aromatic carbocycles. The normalized spacial score (nSPS) is 11.6. The van der Waals surface area contributed by atoms with E-state index in [1.165, 1.54) is 65.9 Å². The van der Waals surface area contributed by atoms with Crippen LogP contribution >= 0.6 is 0 Å². The molecule has 0 N–H and O–H groups in total. The zero-order valence-corrected chi connectivity index (χ0v) is 36.4. The van der Waals surface area contributed by atoms with Gasteiger partial charge in [-0.2, -0.15) is 0 Å². The molecule has 10 aromatic rings. The average Bonchev–Trinajstić information content (AvgIpc) is 3.78. The van der Waals surface area contributed by atoms with Gasteiger partial charge in [-0.05, 0) is 158 Å². The van der Waals surface area contributed by atoms with E-state index in [0.717, 1.165) is 72.9 Å². The lowest BCUT2D eigenvalue weighted by Gasteiger charge is -2.26. The molecule has 0 bridgehead atoms. The van der Waals surface area contributed by atoms with E-state index >= 15 is 0 Å². The molecular weight excluding hydrogens is 753 g/mol. The first-order valence-corrected chi connectivity index (χ1v) is 22.4. The van der Waals surface area contributed by atoms with Crippen LogP contribution in [0.3, 0.4) is 0 Å². The molecule has 0 amide bonds. The van der Waals surface area contributed by atoms with Gasteiger partial charge in [0.1, 0.15) is 0 Å². The molecule has 0 saturated carbocycles. The Hall–Kier alpha value is -7.04. The van der Waals surface area contributed by atoms with E-state index in [1.807, 2.05) is 0 Å². The van der Waals surface area contributed by atoms with Crippen molar-refractivity contribution in [2.75, 3.05) is 9.80 Å². The van der Waals surface area contributed by atoms with Crippen LogP contribution in [0.15, 0.2) is 182 Å². The largest absolute Gasteiger partial charge is 0.340 e. The molecule has 0 fully saturated rings. The third-order valence-corrected chi connectivity index (χ3v) is 12.6. The second-order valence-electron chi connectivity index (χ2n) is 16.9. The van der Waals surface area contributed by atoms with Gasteiger partial charge in [0.15, 0.2) is 0 Å². The minimum absolute atomic E-state index is 0.990. The Balaban J connectivity index is 1.14. The second-order valence-corrected chi connectivity index (χ2v) is 16.9. The Bertz CT molecular complexity index is 2970. The molecule has 4 heteroatoms. The SMILES string of the molecule is CCCCn1c2ccc(-c3ccc4c(c3)c3cc(N(c5ccccc5)c5cccc(C)c5)ccc3n4CCCC)cc2c2cc(N(c3ccccc3)c3cccc(C)c3)ccc21. The quantitative estimate of drug-likeness (QED) is 0.115. The summed E-state index contributed by atoms with van der Waals surface area (Å²) in [6.45, 7) is 10.9. The summed E-state index contributed by atoms with van der Waals surface area (Å²) < 4.78 is 5.08. The fraction of sp³-hybridized carbons (Fsp3) is 0.172. The number of fused-ring (bicyclic) bond motifs is 6. The Morgan fingerprint density at radius 2 is 0.694 bits per heavy atom. The molecule has 4 nitrogen and oxygen atoms in total. The first kappa shape index (κ1) is 39.1. The maximum atomic E-state index is 2.54. The zero-order valence-electron chi connectivity index (χ0n) is 36.4. The fourth-order valence-corrected chi connectivity index (χ4v) is 9.52. The van der Waals surface area contributed by atoms with Gasteiger partial charge in [0.25, 0.3) is 0 Å². The molecular formula is C58H54N4. The van der Waals surface area contributed by atoms with E-state index in [2.05, 4.69) is 229 Å². The molecule has 0 atom stereocenters. The Morgan fingerprint density at radius 3 is 1.08 bits per heavy atom. The molecule has 0 unspecified atom stereocenters. The van der Waals surface area contributed by atoms with Crippen LogP contribution in [-0.4, -0.2) is 9.13 Å². The third kappa shape index (κ3) is 7.20. The van der Waals surface area contributed by atoms with Crippen molar-refractivity contribution in [1.82, 2.24) is 9.13 Å². The number of rotatable bonds is 13. The van der Waals surface area contributed by atoms with Crippen molar-refractivity contribution >= 4 is 77.7 Å². The monoisotopic (exact) mass is 806 g/mol. The summed E-state index contributed by atoms with van der Waals surface area (Å²) in [5.41, 5.74) is 17.0. The van der Waals surface area contributed by atoms with E-state index in [-0.39, 0.29) is 0 Å². The highest BCUT2D eigenvalue weighted by Gasteiger charge is 2.20. The summed E-state index contributed by atoms with van der Waals surface area (Å²) in [5, 5.41) is 5.14. The summed E-state index contributed by atoms with van der Waals surface area (Å²) in [4.78, 5) is 4.78. The smallest absolute Gasteiger partial charge is 0.0492 e. The lowest BCUT2D eigenvalue weighted by Crippen LogP contribution is -2.10. The summed E-state index contributed by atoms with van der Waals surface area (Å²) in [6.07, 6.45) is 4.56. The number of unbranched alkanes of at least 4 members (excludes halogenated alkanes) is 2. The van der Waals surface area contributed by atoms with E-state index in [4.69, 9.17) is 0 Å². The van der Waals surface area contributed by atoms with Gasteiger partial charge in [-0.15, -0.1) is 0 Å². The van der Waals surface area contributed by atoms with Gasteiger partial charge in [-0.3, -0.25) is 0 Å². The van der Waals surface area contributed by atoms with Gasteiger partial charge in [0.2, 0.25) is 0 Å². The summed E-state index contributed by atoms with van der Waals surface area (Å²) in [5.74, 6) is 0. The second kappa shape index (κ2) is 16.8. The van der Waals surface area contributed by atoms with Crippen molar-refractivity contribution in [2.45, 2.75) is 66.5 Å². The predicted octanol–water partition coefficient (Wildman–Crippen LogP) is 16.7. The standard InChI is InChI=1S/C58H54N4/c1-5-7-33-59-55-29-25-43(37-51(55)53-39-49(27-31-57(53)59)61(45-19-11-9-12-20-45)47-23-15-17-41(3)35-47)44-26-30-56-52(38-44)54-40-50(28-32-58(54)60(56)34-8-6-2)62(46-21-13-10-14-22-46)48-24-16-18-42(4)36-48/h9-32,35-40H,5-8,33-34H2,1-4H3. The molecule has 306 valence electrons. The Labute approximate surface area is 365 Å². The maximum absolute atomic E-state index is 2.54. The van der Waals surface area contributed by atoms with Crippen LogP contribution < -0.4 is 9.80 Å². The van der Waals surface area contributed by atoms with Crippen LogP contribution in [0, 0.1) is 13.8 Å². The molecule has 0 radical (unpaired) electrons. The van der Waals surface area contributed by atoms with Crippen molar-refractivity contribution in [3.63, 3.8) is 0 Å². The van der Waals surface area contributed by atoms with Crippen LogP contribution in [0.25, 0.3) is 54.7 Å². The highest BCUT2D eigenvalue weighted by molar-refractivity contribution is 6.13. The van der Waals surface area contributed by atoms with E-state index < -0.39 is 0 Å². The van der Waals surface area contributed by atoms with Gasteiger partial charge >= 0.3 is 0 Å². The van der Waals surface area contributed by atoms with Gasteiger partial charge in [-0.1, -0.05) is 99.5 Å². The number of para-hydroxylation sites is 2. The van der Waals surface area contributed by atoms with Crippen LogP contribution in [-0.2, 0) is 13.1 Å². The number of hydrogen-bond donors (Lipinski definition) is 0. The molecule has 0 saturated heterocycles. The Morgan fingerprint density at radius 1 is 0.339 bits per heavy atom. The molecule has 0 aliphatic heterocycles. The van der Waals surface area contributed by atoms with Crippen molar-refractivity contribution < 1.29 is 0 Å². The minimum Gasteiger partial charge on any atom is -0.340 e. The molecule has 62 heavy (non-hydrogen) atoms. The van der Waals surface area contributed by atoms with Crippen molar-refractivity contribution in [3.8, 4) is 11.1 Å². The van der Waals surface area contributed by atoms with Crippen LogP contribution in [0.1, 0.15) is 50.7 Å². The lowest BCUT2D eigenvalue weighted by atomic mass is 10.00. The van der Waals surface area contributed by atoms with Crippen LogP contribution in [0.4, 0.5) is 34.1 Å². The Kier molecular flexibility index (Phi) is 10.6. The predicted molar refractivity (Wildman–Crippen MR) is 267 cm³/mol. The summed E-state index contributed by atoms with van der Waals surface area (Å²) in [6, 6.07) is 67.6. The van der Waals surface area contributed by atoms with E-state index in [1.54, 1.807) is 0 Å². The molecule has 2 aromatic heterocycles. The number of aryl methyl sites for hydroxylation is 4. The topological polar surface area (TPSA) is 16.3 Å². The first-order chi connectivity index (χ1) is 30.5. The van der Waals surface area contributed by atoms with Crippen LogP contribution in [0.5, 0.6) is 0 Å².